The quantitative estimate of drug-likeness (QED) is 0.661. The first-order chi connectivity index (χ1) is 9.69. The lowest BCUT2D eigenvalue weighted by atomic mass is 9.74. The number of aryl methyl sites for hydroxylation is 1. The third-order valence-corrected chi connectivity index (χ3v) is 4.69. The summed E-state index contributed by atoms with van der Waals surface area (Å²) in [6.45, 7) is 2.01. The van der Waals surface area contributed by atoms with Crippen LogP contribution in [0, 0.1) is 6.92 Å². The number of halogens is 1. The van der Waals surface area contributed by atoms with Gasteiger partial charge in [-0.15, -0.1) is 0 Å². The summed E-state index contributed by atoms with van der Waals surface area (Å²) in [4.78, 5) is 0. The molecule has 0 fully saturated rings. The molecular formula is C17H19ClN2. The third kappa shape index (κ3) is 2.47. The van der Waals surface area contributed by atoms with Crippen LogP contribution in [0.25, 0.3) is 0 Å². The first-order valence-corrected chi connectivity index (χ1v) is 7.37. The summed E-state index contributed by atoms with van der Waals surface area (Å²) in [5.41, 5.74) is 8.13. The summed E-state index contributed by atoms with van der Waals surface area (Å²) in [5, 5.41) is 0.803. The van der Waals surface area contributed by atoms with Gasteiger partial charge in [0.05, 0.1) is 0 Å². The van der Waals surface area contributed by atoms with Gasteiger partial charge in [-0.2, -0.15) is 0 Å². The molecule has 0 heterocycles. The number of hydrogen-bond donors (Lipinski definition) is 2. The van der Waals surface area contributed by atoms with Crippen molar-refractivity contribution in [2.75, 3.05) is 0 Å². The number of benzene rings is 2. The van der Waals surface area contributed by atoms with Crippen LogP contribution in [0.1, 0.15) is 40.6 Å². The number of nitrogens with one attached hydrogen (secondary N) is 1. The molecule has 2 unspecified atom stereocenters. The van der Waals surface area contributed by atoms with E-state index in [1.165, 1.54) is 11.1 Å². The van der Waals surface area contributed by atoms with Crippen LogP contribution in [-0.4, -0.2) is 0 Å². The molecule has 1 aliphatic rings. The average molecular weight is 287 g/mol. The van der Waals surface area contributed by atoms with E-state index in [1.54, 1.807) is 0 Å². The number of nitrogens with two attached hydrogens (primary N) is 1. The van der Waals surface area contributed by atoms with Crippen LogP contribution in [0.15, 0.2) is 42.5 Å². The fourth-order valence-corrected chi connectivity index (χ4v) is 3.17. The Kier molecular flexibility index (Phi) is 3.79. The predicted molar refractivity (Wildman–Crippen MR) is 83.8 cm³/mol. The summed E-state index contributed by atoms with van der Waals surface area (Å²) in [6, 6.07) is 15.0. The topological polar surface area (TPSA) is 38.0 Å². The van der Waals surface area contributed by atoms with Crippen LogP contribution in [0.2, 0.25) is 5.02 Å². The molecule has 0 spiro atoms. The molecule has 0 radical (unpaired) electrons. The Labute approximate surface area is 124 Å². The molecule has 104 valence electrons. The second kappa shape index (κ2) is 5.57. The van der Waals surface area contributed by atoms with Crippen molar-refractivity contribution < 1.29 is 0 Å². The molecule has 3 N–H and O–H groups in total. The lowest BCUT2D eigenvalue weighted by Gasteiger charge is -2.33. The summed E-state index contributed by atoms with van der Waals surface area (Å²) in [7, 11) is 0. The Bertz CT molecular complexity index is 624. The van der Waals surface area contributed by atoms with Crippen molar-refractivity contribution in [1.29, 1.82) is 0 Å². The van der Waals surface area contributed by atoms with Crippen LogP contribution >= 0.6 is 11.6 Å². The lowest BCUT2D eigenvalue weighted by molar-refractivity contribution is 0.435. The average Bonchev–Trinajstić information content (AvgIpc) is 2.44. The minimum atomic E-state index is 0.145. The summed E-state index contributed by atoms with van der Waals surface area (Å²) < 4.78 is 0. The molecule has 0 bridgehead atoms. The zero-order chi connectivity index (χ0) is 14.1. The van der Waals surface area contributed by atoms with Gasteiger partial charge < -0.3 is 0 Å². The van der Waals surface area contributed by atoms with Gasteiger partial charge >= 0.3 is 0 Å². The van der Waals surface area contributed by atoms with E-state index in [2.05, 4.69) is 41.8 Å². The Morgan fingerprint density at radius 1 is 1.30 bits per heavy atom. The van der Waals surface area contributed by atoms with Gasteiger partial charge in [-0.25, -0.2) is 0 Å². The van der Waals surface area contributed by atoms with Crippen molar-refractivity contribution in [2.45, 2.75) is 31.7 Å². The van der Waals surface area contributed by atoms with Crippen LogP contribution in [0.5, 0.6) is 0 Å². The lowest BCUT2D eigenvalue weighted by Crippen LogP contribution is -2.31. The Morgan fingerprint density at radius 2 is 2.10 bits per heavy atom. The maximum atomic E-state index is 6.21. The summed E-state index contributed by atoms with van der Waals surface area (Å²) in [5.74, 6) is 6.34. The SMILES string of the molecule is Cc1ccc(C(CC2Cc3ccccc32)NN)cc1Cl. The van der Waals surface area contributed by atoms with E-state index in [0.717, 1.165) is 29.0 Å². The standard InChI is InChI=1S/C17H19ClN2/c1-11-6-7-13(9-16(11)18)17(20-19)10-14-8-12-4-2-3-5-15(12)14/h2-7,9,14,17,20H,8,10,19H2,1H3. The van der Waals surface area contributed by atoms with E-state index in [0.29, 0.717) is 5.92 Å². The maximum Gasteiger partial charge on any atom is 0.0466 e. The Hall–Kier alpha value is -1.35. The van der Waals surface area contributed by atoms with Gasteiger partial charge in [0.15, 0.2) is 0 Å². The smallest absolute Gasteiger partial charge is 0.0466 e. The van der Waals surface area contributed by atoms with Crippen LogP contribution in [0.4, 0.5) is 0 Å². The van der Waals surface area contributed by atoms with Crippen LogP contribution in [-0.2, 0) is 6.42 Å². The Morgan fingerprint density at radius 3 is 2.80 bits per heavy atom. The highest BCUT2D eigenvalue weighted by Crippen LogP contribution is 2.40. The van der Waals surface area contributed by atoms with E-state index in [9.17, 15) is 0 Å². The molecule has 3 heteroatoms. The largest absolute Gasteiger partial charge is 0.271 e. The van der Waals surface area contributed by atoms with Gasteiger partial charge in [0.1, 0.15) is 0 Å². The number of hydrogen-bond acceptors (Lipinski definition) is 2. The Balaban J connectivity index is 1.77. The highest BCUT2D eigenvalue weighted by Gasteiger charge is 2.28. The minimum Gasteiger partial charge on any atom is -0.271 e. The zero-order valence-corrected chi connectivity index (χ0v) is 12.3. The van der Waals surface area contributed by atoms with E-state index < -0.39 is 0 Å². The van der Waals surface area contributed by atoms with Gasteiger partial charge in [0.25, 0.3) is 0 Å². The molecule has 0 saturated heterocycles. The second-order valence-electron chi connectivity index (χ2n) is 5.56. The third-order valence-electron chi connectivity index (χ3n) is 4.28. The maximum absolute atomic E-state index is 6.21. The molecule has 3 rings (SSSR count). The molecule has 2 aromatic rings. The number of hydrazine groups is 1. The second-order valence-corrected chi connectivity index (χ2v) is 5.97. The molecule has 2 aromatic carbocycles. The molecule has 20 heavy (non-hydrogen) atoms. The fraction of sp³-hybridized carbons (Fsp3) is 0.294. The molecule has 0 aliphatic heterocycles. The van der Waals surface area contributed by atoms with Crippen molar-refractivity contribution in [3.05, 3.63) is 69.7 Å². The monoisotopic (exact) mass is 286 g/mol. The predicted octanol–water partition coefficient (Wildman–Crippen LogP) is 3.88. The van der Waals surface area contributed by atoms with Gasteiger partial charge in [-0.1, -0.05) is 48.0 Å². The normalized spacial score (nSPS) is 18.2. The highest BCUT2D eigenvalue weighted by molar-refractivity contribution is 6.31. The number of fused-ring (bicyclic) bond motifs is 1. The molecule has 2 atom stereocenters. The van der Waals surface area contributed by atoms with Crippen molar-refractivity contribution in [3.63, 3.8) is 0 Å². The van der Waals surface area contributed by atoms with Crippen molar-refractivity contribution in [1.82, 2.24) is 5.43 Å². The fourth-order valence-electron chi connectivity index (χ4n) is 2.98. The van der Waals surface area contributed by atoms with Crippen molar-refractivity contribution >= 4 is 11.6 Å². The van der Waals surface area contributed by atoms with Gasteiger partial charge in [0, 0.05) is 11.1 Å². The van der Waals surface area contributed by atoms with E-state index in [1.807, 2.05) is 13.0 Å². The minimum absolute atomic E-state index is 0.145. The van der Waals surface area contributed by atoms with E-state index >= 15 is 0 Å². The first-order valence-electron chi connectivity index (χ1n) is 6.99. The summed E-state index contributed by atoms with van der Waals surface area (Å²) >= 11 is 6.21. The molecule has 2 nitrogen and oxygen atoms in total. The van der Waals surface area contributed by atoms with Crippen LogP contribution < -0.4 is 11.3 Å². The van der Waals surface area contributed by atoms with Gasteiger partial charge in [0.2, 0.25) is 0 Å². The molecular weight excluding hydrogens is 268 g/mol. The van der Waals surface area contributed by atoms with Gasteiger partial charge in [-0.05, 0) is 54.0 Å². The first kappa shape index (κ1) is 13.6. The van der Waals surface area contributed by atoms with Crippen LogP contribution in [0.3, 0.4) is 0 Å². The van der Waals surface area contributed by atoms with Crippen molar-refractivity contribution in [2.24, 2.45) is 5.84 Å². The number of rotatable bonds is 4. The van der Waals surface area contributed by atoms with Crippen molar-refractivity contribution in [3.8, 4) is 0 Å². The zero-order valence-electron chi connectivity index (χ0n) is 11.6. The highest BCUT2D eigenvalue weighted by atomic mass is 35.5. The molecule has 0 saturated carbocycles. The van der Waals surface area contributed by atoms with E-state index in [4.69, 9.17) is 17.4 Å². The molecule has 0 amide bonds. The summed E-state index contributed by atoms with van der Waals surface area (Å²) in [6.07, 6.45) is 2.15. The molecule has 0 aromatic heterocycles. The molecule has 1 aliphatic carbocycles. The van der Waals surface area contributed by atoms with Gasteiger partial charge in [-0.3, -0.25) is 11.3 Å². The van der Waals surface area contributed by atoms with E-state index in [-0.39, 0.29) is 6.04 Å².